The number of aryl methyl sites for hydroxylation is 1. The van der Waals surface area contributed by atoms with E-state index in [0.29, 0.717) is 40.5 Å². The number of benzene rings is 2. The lowest BCUT2D eigenvalue weighted by Crippen LogP contribution is -2.29. The lowest BCUT2D eigenvalue weighted by Gasteiger charge is -2.28. The van der Waals surface area contributed by atoms with E-state index in [4.69, 9.17) is 38.0 Å². The Hall–Kier alpha value is -4.19. The average molecular weight is 608 g/mol. The van der Waals surface area contributed by atoms with Gasteiger partial charge in [-0.2, -0.15) is 0 Å². The first-order valence-corrected chi connectivity index (χ1v) is 14.0. The fraction of sp³-hybridized carbons (Fsp3) is 0.267. The maximum absolute atomic E-state index is 11.6. The van der Waals surface area contributed by atoms with Gasteiger partial charge in [-0.1, -0.05) is 17.7 Å². The highest BCUT2D eigenvalue weighted by Gasteiger charge is 2.42. The summed E-state index contributed by atoms with van der Waals surface area (Å²) in [5.41, 5.74) is 4.84. The van der Waals surface area contributed by atoms with Crippen LogP contribution in [0.3, 0.4) is 0 Å². The van der Waals surface area contributed by atoms with Gasteiger partial charge < -0.3 is 29.0 Å². The summed E-state index contributed by atoms with van der Waals surface area (Å²) in [6, 6.07) is 17.3. The number of aromatic nitrogens is 2. The number of nitro groups is 1. The monoisotopic (exact) mass is 607 g/mol. The Balaban J connectivity index is 1.64. The summed E-state index contributed by atoms with van der Waals surface area (Å²) in [6.45, 7) is 4.75. The number of rotatable bonds is 10. The molecule has 4 aromatic rings. The first kappa shape index (κ1) is 29.3. The Morgan fingerprint density at radius 1 is 1.07 bits per heavy atom. The first-order chi connectivity index (χ1) is 20.2. The highest BCUT2D eigenvalue weighted by Crippen LogP contribution is 2.45. The summed E-state index contributed by atoms with van der Waals surface area (Å²) in [5, 5.41) is 16.0. The summed E-state index contributed by atoms with van der Waals surface area (Å²) in [6.07, 6.45) is 1.75. The van der Waals surface area contributed by atoms with Gasteiger partial charge in [-0.05, 0) is 74.1 Å². The highest BCUT2D eigenvalue weighted by molar-refractivity contribution is 7.80. The third-order valence-corrected chi connectivity index (χ3v) is 7.85. The van der Waals surface area contributed by atoms with Crippen molar-refractivity contribution in [3.05, 3.63) is 105 Å². The van der Waals surface area contributed by atoms with Crippen LogP contribution < -0.4 is 19.7 Å². The molecule has 0 bridgehead atoms. The Morgan fingerprint density at radius 3 is 2.52 bits per heavy atom. The molecule has 218 valence electrons. The fourth-order valence-electron chi connectivity index (χ4n) is 5.37. The number of halogens is 1. The second-order valence-electron chi connectivity index (χ2n) is 9.73. The zero-order valence-corrected chi connectivity index (χ0v) is 25.1. The van der Waals surface area contributed by atoms with Gasteiger partial charge in [0.1, 0.15) is 18.1 Å². The molecular weight excluding hydrogens is 578 g/mol. The molecule has 2 atom stereocenters. The minimum absolute atomic E-state index is 0.0287. The maximum atomic E-state index is 11.6. The van der Waals surface area contributed by atoms with Gasteiger partial charge >= 0.3 is 0 Å². The number of non-ortho nitro benzene ring substituents is 1. The normalized spacial score (nSPS) is 16.4. The van der Waals surface area contributed by atoms with E-state index in [0.717, 1.165) is 28.3 Å². The summed E-state index contributed by atoms with van der Waals surface area (Å²) >= 11 is 12.5. The van der Waals surface area contributed by atoms with Gasteiger partial charge in [-0.25, -0.2) is 0 Å². The van der Waals surface area contributed by atoms with Gasteiger partial charge in [-0.3, -0.25) is 15.1 Å². The van der Waals surface area contributed by atoms with Gasteiger partial charge in [0.05, 0.1) is 47.1 Å². The molecule has 1 aliphatic rings. The SMILES string of the molecule is COCCOc1ccc(N2C(=S)N[C@H](c3ccccn3)[C@@H]2c2cc(C)n(-c3cc([N+](=O)[O-])ccc3OC)c2C)cc1Cl. The topological polar surface area (TPSA) is 104 Å². The molecule has 10 nitrogen and oxygen atoms in total. The van der Waals surface area contributed by atoms with Crippen LogP contribution in [0.1, 0.15) is 34.7 Å². The molecule has 0 spiro atoms. The van der Waals surface area contributed by atoms with E-state index in [1.807, 2.05) is 59.7 Å². The largest absolute Gasteiger partial charge is 0.495 e. The summed E-state index contributed by atoms with van der Waals surface area (Å²) in [5.74, 6) is 1.06. The van der Waals surface area contributed by atoms with Gasteiger partial charge in [0.2, 0.25) is 0 Å². The van der Waals surface area contributed by atoms with Gasteiger partial charge in [0.15, 0.2) is 5.11 Å². The number of nitrogens with zero attached hydrogens (tertiary/aromatic N) is 4. The number of nitro benzene ring substituents is 1. The average Bonchev–Trinajstić information content (AvgIpc) is 3.48. The first-order valence-electron chi connectivity index (χ1n) is 13.2. The van der Waals surface area contributed by atoms with Crippen LogP contribution in [0, 0.1) is 24.0 Å². The molecule has 1 aliphatic heterocycles. The summed E-state index contributed by atoms with van der Waals surface area (Å²) in [4.78, 5) is 17.9. The van der Waals surface area contributed by atoms with E-state index < -0.39 is 4.92 Å². The summed E-state index contributed by atoms with van der Waals surface area (Å²) in [7, 11) is 3.16. The molecule has 1 N–H and O–H groups in total. The smallest absolute Gasteiger partial charge is 0.271 e. The predicted octanol–water partition coefficient (Wildman–Crippen LogP) is 6.26. The number of hydrogen-bond acceptors (Lipinski definition) is 7. The van der Waals surface area contributed by atoms with Gasteiger partial charge in [-0.15, -0.1) is 0 Å². The van der Waals surface area contributed by atoms with E-state index in [1.165, 1.54) is 12.1 Å². The number of anilines is 1. The molecule has 2 aromatic heterocycles. The number of pyridine rings is 1. The molecular formula is C30H30ClN5O5S. The van der Waals surface area contributed by atoms with Crippen molar-refractivity contribution in [1.29, 1.82) is 0 Å². The number of ether oxygens (including phenoxy) is 3. The molecule has 5 rings (SSSR count). The van der Waals surface area contributed by atoms with E-state index in [9.17, 15) is 10.1 Å². The third kappa shape index (κ3) is 5.50. The molecule has 0 saturated carbocycles. The van der Waals surface area contributed by atoms with Crippen LogP contribution >= 0.6 is 23.8 Å². The van der Waals surface area contributed by atoms with Crippen LogP contribution in [-0.4, -0.2) is 47.0 Å². The van der Waals surface area contributed by atoms with Crippen molar-refractivity contribution < 1.29 is 19.1 Å². The predicted molar refractivity (Wildman–Crippen MR) is 165 cm³/mol. The molecule has 42 heavy (non-hydrogen) atoms. The number of methoxy groups -OCH3 is 2. The van der Waals surface area contributed by atoms with Crippen molar-refractivity contribution in [2.45, 2.75) is 25.9 Å². The van der Waals surface area contributed by atoms with E-state index >= 15 is 0 Å². The van der Waals surface area contributed by atoms with Gasteiger partial charge in [0, 0.05) is 42.5 Å². The van der Waals surface area contributed by atoms with Crippen molar-refractivity contribution in [2.75, 3.05) is 32.3 Å². The molecule has 0 unspecified atom stereocenters. The van der Waals surface area contributed by atoms with Crippen molar-refractivity contribution in [1.82, 2.24) is 14.9 Å². The molecule has 2 aromatic carbocycles. The zero-order chi connectivity index (χ0) is 30.0. The summed E-state index contributed by atoms with van der Waals surface area (Å²) < 4.78 is 18.4. The van der Waals surface area contributed by atoms with Crippen LogP contribution in [0.2, 0.25) is 5.02 Å². The van der Waals surface area contributed by atoms with Crippen LogP contribution in [-0.2, 0) is 4.74 Å². The molecule has 3 heterocycles. The maximum Gasteiger partial charge on any atom is 0.271 e. The van der Waals surface area contributed by atoms with E-state index in [-0.39, 0.29) is 17.8 Å². The Morgan fingerprint density at radius 2 is 1.86 bits per heavy atom. The molecule has 0 radical (unpaired) electrons. The van der Waals surface area contributed by atoms with Gasteiger partial charge in [0.25, 0.3) is 5.69 Å². The van der Waals surface area contributed by atoms with Crippen LogP contribution in [0.5, 0.6) is 11.5 Å². The quantitative estimate of drug-likeness (QED) is 0.0967. The molecule has 12 heteroatoms. The number of hydrogen-bond donors (Lipinski definition) is 1. The molecule has 1 fully saturated rings. The molecule has 0 aliphatic carbocycles. The Kier molecular flexibility index (Phi) is 8.62. The second kappa shape index (κ2) is 12.4. The van der Waals surface area contributed by atoms with Crippen molar-refractivity contribution in [3.63, 3.8) is 0 Å². The fourth-order valence-corrected chi connectivity index (χ4v) is 5.94. The Bertz CT molecular complexity index is 1630. The standard InChI is InChI=1S/C30H30ClN5O5S/c1-18-15-22(19(2)34(18)25-17-21(36(37)38)9-11-27(25)40-4)29-28(24-7-5-6-12-32-24)33-30(42)35(29)20-8-10-26(23(31)16-20)41-14-13-39-3/h5-12,15-17,28-29H,13-14H2,1-4H3,(H,33,42)/t28-,29+/m1/s1. The van der Waals surface area contributed by atoms with Crippen molar-refractivity contribution >= 4 is 40.3 Å². The minimum Gasteiger partial charge on any atom is -0.495 e. The lowest BCUT2D eigenvalue weighted by atomic mass is 9.96. The molecule has 1 saturated heterocycles. The van der Waals surface area contributed by atoms with Crippen molar-refractivity contribution in [3.8, 4) is 17.2 Å². The number of thiocarbonyl (C=S) groups is 1. The van der Waals surface area contributed by atoms with Crippen molar-refractivity contribution in [2.24, 2.45) is 0 Å². The number of nitrogens with one attached hydrogen (secondary N) is 1. The van der Waals surface area contributed by atoms with E-state index in [1.54, 1.807) is 26.5 Å². The third-order valence-electron chi connectivity index (χ3n) is 7.24. The minimum atomic E-state index is -0.414. The van der Waals surface area contributed by atoms with Crippen LogP contribution in [0.4, 0.5) is 11.4 Å². The Labute approximate surface area is 253 Å². The van der Waals surface area contributed by atoms with E-state index in [2.05, 4.69) is 16.4 Å². The highest BCUT2D eigenvalue weighted by atomic mass is 35.5. The second-order valence-corrected chi connectivity index (χ2v) is 10.5. The zero-order valence-electron chi connectivity index (χ0n) is 23.5. The van der Waals surface area contributed by atoms with Crippen LogP contribution in [0.25, 0.3) is 5.69 Å². The lowest BCUT2D eigenvalue weighted by molar-refractivity contribution is -0.384. The molecule has 0 amide bonds. The van der Waals surface area contributed by atoms with Crippen LogP contribution in [0.15, 0.2) is 66.9 Å².